The molecule has 0 saturated carbocycles. The zero-order chi connectivity index (χ0) is 14.8. The quantitative estimate of drug-likeness (QED) is 0.727. The van der Waals surface area contributed by atoms with Crippen molar-refractivity contribution in [1.82, 2.24) is 4.90 Å². The van der Waals surface area contributed by atoms with E-state index in [0.29, 0.717) is 6.54 Å². The van der Waals surface area contributed by atoms with Gasteiger partial charge in [0.25, 0.3) is 0 Å². The molecule has 1 amide bonds. The molecule has 0 radical (unpaired) electrons. The zero-order valence-electron chi connectivity index (χ0n) is 12.5. The van der Waals surface area contributed by atoms with Crippen molar-refractivity contribution < 1.29 is 4.79 Å². The molecule has 0 atom stereocenters. The fourth-order valence-electron chi connectivity index (χ4n) is 1.97. The molecule has 1 N–H and O–H groups in total. The van der Waals surface area contributed by atoms with Crippen LogP contribution in [-0.4, -0.2) is 30.4 Å². The van der Waals surface area contributed by atoms with E-state index in [4.69, 9.17) is 0 Å². The maximum absolute atomic E-state index is 12.1. The largest absolute Gasteiger partial charge is 0.325 e. The Hall–Kier alpha value is -0.870. The van der Waals surface area contributed by atoms with Gasteiger partial charge >= 0.3 is 0 Å². The van der Waals surface area contributed by atoms with Gasteiger partial charge in [-0.15, -0.1) is 0 Å². The molecule has 0 fully saturated rings. The highest BCUT2D eigenvalue weighted by atomic mass is 79.9. The number of nitrogens with one attached hydrogen (secondary N) is 1. The third-order valence-electron chi connectivity index (χ3n) is 3.15. The Morgan fingerprint density at radius 2 is 1.65 bits per heavy atom. The lowest BCUT2D eigenvalue weighted by Gasteiger charge is -2.21. The van der Waals surface area contributed by atoms with Crippen molar-refractivity contribution in [3.63, 3.8) is 0 Å². The lowest BCUT2D eigenvalue weighted by atomic mass is 10.2. The molecule has 0 aromatic heterocycles. The second-order valence-corrected chi connectivity index (χ2v) is 5.95. The van der Waals surface area contributed by atoms with Crippen molar-refractivity contribution in [3.8, 4) is 0 Å². The van der Waals surface area contributed by atoms with E-state index in [0.717, 1.165) is 48.9 Å². The zero-order valence-corrected chi connectivity index (χ0v) is 14.1. The Kier molecular flexibility index (Phi) is 8.54. The van der Waals surface area contributed by atoms with Gasteiger partial charge in [0, 0.05) is 10.2 Å². The number of unbranched alkanes of at least 4 members (excludes halogenated alkanes) is 2. The van der Waals surface area contributed by atoms with Crippen molar-refractivity contribution in [2.45, 2.75) is 39.5 Å². The Morgan fingerprint density at radius 1 is 1.10 bits per heavy atom. The average Bonchev–Trinajstić information content (AvgIpc) is 2.44. The number of halogens is 1. The highest BCUT2D eigenvalue weighted by molar-refractivity contribution is 9.10. The molecule has 112 valence electrons. The third-order valence-corrected chi connectivity index (χ3v) is 3.68. The minimum absolute atomic E-state index is 0.0690. The summed E-state index contributed by atoms with van der Waals surface area (Å²) >= 11 is 3.39. The highest BCUT2D eigenvalue weighted by Crippen LogP contribution is 2.14. The van der Waals surface area contributed by atoms with Crippen LogP contribution in [0.25, 0.3) is 0 Å². The van der Waals surface area contributed by atoms with Crippen molar-refractivity contribution >= 4 is 27.5 Å². The summed E-state index contributed by atoms with van der Waals surface area (Å²) in [6, 6.07) is 7.68. The molecule has 20 heavy (non-hydrogen) atoms. The number of carbonyl (C=O) groups is 1. The molecule has 3 nitrogen and oxygen atoms in total. The van der Waals surface area contributed by atoms with Gasteiger partial charge in [-0.2, -0.15) is 0 Å². The van der Waals surface area contributed by atoms with Gasteiger partial charge in [0.05, 0.1) is 6.54 Å². The molecule has 0 heterocycles. The summed E-state index contributed by atoms with van der Waals surface area (Å²) in [6.07, 6.45) is 4.62. The minimum atomic E-state index is 0.0690. The lowest BCUT2D eigenvalue weighted by molar-refractivity contribution is -0.117. The van der Waals surface area contributed by atoms with E-state index in [1.807, 2.05) is 24.3 Å². The van der Waals surface area contributed by atoms with Gasteiger partial charge in [0.2, 0.25) is 5.91 Å². The van der Waals surface area contributed by atoms with Gasteiger partial charge in [-0.1, -0.05) is 42.6 Å². The van der Waals surface area contributed by atoms with E-state index in [-0.39, 0.29) is 5.91 Å². The number of anilines is 1. The number of rotatable bonds is 9. The Bertz CT molecular complexity index is 384. The second kappa shape index (κ2) is 9.94. The van der Waals surface area contributed by atoms with Crippen LogP contribution in [0, 0.1) is 0 Å². The van der Waals surface area contributed by atoms with Crippen molar-refractivity contribution in [1.29, 1.82) is 0 Å². The van der Waals surface area contributed by atoms with E-state index >= 15 is 0 Å². The molecule has 0 bridgehead atoms. The van der Waals surface area contributed by atoms with Gasteiger partial charge in [-0.05, 0) is 50.2 Å². The normalized spacial score (nSPS) is 10.8. The summed E-state index contributed by atoms with van der Waals surface area (Å²) in [5.74, 6) is 0.0690. The first-order valence-electron chi connectivity index (χ1n) is 7.43. The Balaban J connectivity index is 2.45. The molecule has 0 aliphatic carbocycles. The molecule has 0 unspecified atom stereocenters. The molecule has 1 aromatic rings. The predicted octanol–water partition coefficient (Wildman–Crippen LogP) is 4.29. The van der Waals surface area contributed by atoms with Crippen molar-refractivity contribution in [3.05, 3.63) is 28.7 Å². The van der Waals surface area contributed by atoms with E-state index in [1.165, 1.54) is 0 Å². The maximum atomic E-state index is 12.1. The molecule has 0 spiro atoms. The van der Waals surface area contributed by atoms with Crippen LogP contribution in [0.5, 0.6) is 0 Å². The summed E-state index contributed by atoms with van der Waals surface area (Å²) in [7, 11) is 0. The summed E-state index contributed by atoms with van der Waals surface area (Å²) in [6.45, 7) is 6.85. The first-order valence-corrected chi connectivity index (χ1v) is 8.22. The van der Waals surface area contributed by atoms with E-state index < -0.39 is 0 Å². The van der Waals surface area contributed by atoms with Gasteiger partial charge in [0.15, 0.2) is 0 Å². The standard InChI is InChI=1S/C16H25BrN2O/c1-3-5-11-19(12-6-4-2)13-16(20)18-15-9-7-14(17)8-10-15/h7-10H,3-6,11-13H2,1-2H3,(H,18,20). The molecule has 0 aliphatic rings. The summed E-state index contributed by atoms with van der Waals surface area (Å²) < 4.78 is 1.02. The first kappa shape index (κ1) is 17.2. The summed E-state index contributed by atoms with van der Waals surface area (Å²) in [5.41, 5.74) is 0.851. The fourth-order valence-corrected chi connectivity index (χ4v) is 2.23. The lowest BCUT2D eigenvalue weighted by Crippen LogP contribution is -2.34. The number of carbonyl (C=O) groups excluding carboxylic acids is 1. The van der Waals surface area contributed by atoms with E-state index in [1.54, 1.807) is 0 Å². The Morgan fingerprint density at radius 3 is 2.15 bits per heavy atom. The topological polar surface area (TPSA) is 32.3 Å². The van der Waals surface area contributed by atoms with Crippen LogP contribution in [0.15, 0.2) is 28.7 Å². The van der Waals surface area contributed by atoms with Crippen LogP contribution in [0.2, 0.25) is 0 Å². The van der Waals surface area contributed by atoms with E-state index in [2.05, 4.69) is 40.0 Å². The summed E-state index contributed by atoms with van der Waals surface area (Å²) in [5, 5.41) is 2.95. The Labute approximate surface area is 130 Å². The molecule has 0 saturated heterocycles. The van der Waals surface area contributed by atoms with E-state index in [9.17, 15) is 4.79 Å². The van der Waals surface area contributed by atoms with Gasteiger partial charge in [0.1, 0.15) is 0 Å². The van der Waals surface area contributed by atoms with Crippen LogP contribution < -0.4 is 5.32 Å². The van der Waals surface area contributed by atoms with Crippen LogP contribution in [0.4, 0.5) is 5.69 Å². The number of nitrogens with zero attached hydrogens (tertiary/aromatic N) is 1. The SMILES string of the molecule is CCCCN(CCCC)CC(=O)Nc1ccc(Br)cc1. The smallest absolute Gasteiger partial charge is 0.238 e. The monoisotopic (exact) mass is 340 g/mol. The number of benzene rings is 1. The maximum Gasteiger partial charge on any atom is 0.238 e. The van der Waals surface area contributed by atoms with Crippen molar-refractivity contribution in [2.24, 2.45) is 0 Å². The van der Waals surface area contributed by atoms with Gasteiger partial charge in [-0.3, -0.25) is 9.69 Å². The fraction of sp³-hybridized carbons (Fsp3) is 0.562. The third kappa shape index (κ3) is 7.06. The van der Waals surface area contributed by atoms with Crippen molar-refractivity contribution in [2.75, 3.05) is 25.0 Å². The van der Waals surface area contributed by atoms with Crippen LogP contribution >= 0.6 is 15.9 Å². The minimum Gasteiger partial charge on any atom is -0.325 e. The average molecular weight is 341 g/mol. The predicted molar refractivity (Wildman–Crippen MR) is 89.0 cm³/mol. The molecule has 0 aliphatic heterocycles. The number of amides is 1. The van der Waals surface area contributed by atoms with Crippen LogP contribution in [0.3, 0.4) is 0 Å². The highest BCUT2D eigenvalue weighted by Gasteiger charge is 2.10. The van der Waals surface area contributed by atoms with Crippen LogP contribution in [-0.2, 0) is 4.79 Å². The number of hydrogen-bond donors (Lipinski definition) is 1. The molecule has 1 aromatic carbocycles. The second-order valence-electron chi connectivity index (χ2n) is 5.04. The van der Waals surface area contributed by atoms with Gasteiger partial charge < -0.3 is 5.32 Å². The molecule has 4 heteroatoms. The molecular formula is C16H25BrN2O. The summed E-state index contributed by atoms with van der Waals surface area (Å²) in [4.78, 5) is 14.3. The molecule has 1 rings (SSSR count). The van der Waals surface area contributed by atoms with Gasteiger partial charge in [-0.25, -0.2) is 0 Å². The number of hydrogen-bond acceptors (Lipinski definition) is 2. The molecular weight excluding hydrogens is 316 g/mol. The van der Waals surface area contributed by atoms with Crippen LogP contribution in [0.1, 0.15) is 39.5 Å². The first-order chi connectivity index (χ1) is 9.65.